The first-order valence-corrected chi connectivity index (χ1v) is 15.5. The Balaban J connectivity index is 1.02. The summed E-state index contributed by atoms with van der Waals surface area (Å²) in [6.45, 7) is 0. The van der Waals surface area contributed by atoms with Gasteiger partial charge >= 0.3 is 0 Å². The first-order chi connectivity index (χ1) is 22.7. The summed E-state index contributed by atoms with van der Waals surface area (Å²) in [5.41, 5.74) is 11.6. The van der Waals surface area contributed by atoms with Gasteiger partial charge in [-0.3, -0.25) is 4.98 Å². The SMILES string of the molecule is c1cc(-c2cnc3ccccc3c2)cc(-c2ccc3cc(-c4cccc(-c5ccc6cc7ccccc7cc6n5)c4)ccc3n2)c1. The number of para-hydroxylation sites is 1. The van der Waals surface area contributed by atoms with Crippen molar-refractivity contribution in [2.75, 3.05) is 0 Å². The molecule has 3 heterocycles. The van der Waals surface area contributed by atoms with Crippen molar-refractivity contribution in [1.82, 2.24) is 15.0 Å². The molecule has 0 radical (unpaired) electrons. The number of fused-ring (bicyclic) bond motifs is 4. The topological polar surface area (TPSA) is 38.7 Å². The second-order valence-corrected chi connectivity index (χ2v) is 11.8. The van der Waals surface area contributed by atoms with Crippen LogP contribution >= 0.6 is 0 Å². The Hall–Kier alpha value is -6.19. The van der Waals surface area contributed by atoms with Crippen molar-refractivity contribution in [2.24, 2.45) is 0 Å². The van der Waals surface area contributed by atoms with Gasteiger partial charge in [-0.25, -0.2) is 9.97 Å². The summed E-state index contributed by atoms with van der Waals surface area (Å²) in [4.78, 5) is 14.8. The number of rotatable bonds is 4. The van der Waals surface area contributed by atoms with Crippen molar-refractivity contribution in [1.29, 1.82) is 0 Å². The third-order valence-electron chi connectivity index (χ3n) is 8.82. The van der Waals surface area contributed by atoms with E-state index < -0.39 is 0 Å². The van der Waals surface area contributed by atoms with Crippen LogP contribution in [0.5, 0.6) is 0 Å². The standard InChI is InChI=1S/C43H27N3/c1-2-8-31-26-43-37(22-28(31)7-1)17-20-41(46-43)34-12-5-10-29(21-34)32-15-18-42-36(24-32)16-19-40(45-42)35-13-6-11-30(23-35)38-25-33-9-3-4-14-39(33)44-27-38/h1-27H. The lowest BCUT2D eigenvalue weighted by Crippen LogP contribution is -1.89. The Morgan fingerprint density at radius 3 is 1.59 bits per heavy atom. The van der Waals surface area contributed by atoms with E-state index in [1.54, 1.807) is 0 Å². The van der Waals surface area contributed by atoms with Crippen molar-refractivity contribution in [3.63, 3.8) is 0 Å². The van der Waals surface area contributed by atoms with Crippen molar-refractivity contribution in [3.05, 3.63) is 164 Å². The minimum absolute atomic E-state index is 0.952. The number of nitrogens with zero attached hydrogens (tertiary/aromatic N) is 3. The molecule has 3 nitrogen and oxygen atoms in total. The van der Waals surface area contributed by atoms with E-state index in [4.69, 9.17) is 9.97 Å². The van der Waals surface area contributed by atoms with Gasteiger partial charge in [0.2, 0.25) is 0 Å². The quantitative estimate of drug-likeness (QED) is 0.193. The highest BCUT2D eigenvalue weighted by atomic mass is 14.7. The normalized spacial score (nSPS) is 11.5. The molecule has 0 N–H and O–H groups in total. The lowest BCUT2D eigenvalue weighted by atomic mass is 9.98. The summed E-state index contributed by atoms with van der Waals surface area (Å²) in [5, 5.41) is 5.83. The molecule has 0 atom stereocenters. The Bertz CT molecular complexity index is 2600. The van der Waals surface area contributed by atoms with Gasteiger partial charge < -0.3 is 0 Å². The minimum Gasteiger partial charge on any atom is -0.256 e. The highest BCUT2D eigenvalue weighted by molar-refractivity contribution is 5.97. The molecular weight excluding hydrogens is 558 g/mol. The molecule has 0 unspecified atom stereocenters. The van der Waals surface area contributed by atoms with E-state index >= 15 is 0 Å². The Morgan fingerprint density at radius 2 is 0.826 bits per heavy atom. The fourth-order valence-electron chi connectivity index (χ4n) is 6.38. The first-order valence-electron chi connectivity index (χ1n) is 15.5. The van der Waals surface area contributed by atoms with Crippen LogP contribution in [0.15, 0.2) is 164 Å². The largest absolute Gasteiger partial charge is 0.256 e. The van der Waals surface area contributed by atoms with Gasteiger partial charge in [0, 0.05) is 39.0 Å². The average Bonchev–Trinajstić information content (AvgIpc) is 3.13. The van der Waals surface area contributed by atoms with E-state index in [1.165, 1.54) is 10.8 Å². The van der Waals surface area contributed by atoms with Crippen LogP contribution in [0.25, 0.3) is 88.2 Å². The summed E-state index contributed by atoms with van der Waals surface area (Å²) in [6, 6.07) is 55.5. The number of aromatic nitrogens is 3. The molecule has 0 saturated carbocycles. The lowest BCUT2D eigenvalue weighted by molar-refractivity contribution is 1.39. The number of pyridine rings is 3. The van der Waals surface area contributed by atoms with Gasteiger partial charge in [-0.1, -0.05) is 97.1 Å². The van der Waals surface area contributed by atoms with Gasteiger partial charge in [-0.05, 0) is 88.1 Å². The van der Waals surface area contributed by atoms with Crippen molar-refractivity contribution >= 4 is 43.5 Å². The molecule has 0 saturated heterocycles. The minimum atomic E-state index is 0.952. The molecular formula is C43H27N3. The van der Waals surface area contributed by atoms with Gasteiger partial charge in [-0.15, -0.1) is 0 Å². The molecule has 214 valence electrons. The molecule has 0 fully saturated rings. The van der Waals surface area contributed by atoms with Crippen LogP contribution in [0.1, 0.15) is 0 Å². The zero-order valence-electron chi connectivity index (χ0n) is 24.9. The van der Waals surface area contributed by atoms with Gasteiger partial charge in [0.05, 0.1) is 27.9 Å². The van der Waals surface area contributed by atoms with Gasteiger partial charge in [-0.2, -0.15) is 0 Å². The maximum atomic E-state index is 5.05. The predicted molar refractivity (Wildman–Crippen MR) is 192 cm³/mol. The molecule has 0 amide bonds. The second kappa shape index (κ2) is 10.8. The van der Waals surface area contributed by atoms with Crippen LogP contribution in [0.3, 0.4) is 0 Å². The summed E-state index contributed by atoms with van der Waals surface area (Å²) >= 11 is 0. The number of hydrogen-bond acceptors (Lipinski definition) is 3. The number of hydrogen-bond donors (Lipinski definition) is 0. The lowest BCUT2D eigenvalue weighted by Gasteiger charge is -2.10. The van der Waals surface area contributed by atoms with Crippen LogP contribution in [0.2, 0.25) is 0 Å². The molecule has 0 aliphatic carbocycles. The Labute approximate surface area is 266 Å². The molecule has 9 aromatic rings. The predicted octanol–water partition coefficient (Wildman–Crippen LogP) is 11.2. The fourth-order valence-corrected chi connectivity index (χ4v) is 6.38. The molecule has 6 aromatic carbocycles. The number of benzene rings is 6. The van der Waals surface area contributed by atoms with Crippen molar-refractivity contribution in [3.8, 4) is 44.8 Å². The molecule has 9 rings (SSSR count). The summed E-state index contributed by atoms with van der Waals surface area (Å²) in [6.07, 6.45) is 1.95. The van der Waals surface area contributed by atoms with Gasteiger partial charge in [0.1, 0.15) is 0 Å². The maximum Gasteiger partial charge on any atom is 0.0715 e. The van der Waals surface area contributed by atoms with E-state index in [1.807, 2.05) is 18.3 Å². The molecule has 0 bridgehead atoms. The zero-order valence-corrected chi connectivity index (χ0v) is 24.9. The van der Waals surface area contributed by atoms with Gasteiger partial charge in [0.15, 0.2) is 0 Å². The van der Waals surface area contributed by atoms with Crippen LogP contribution in [-0.4, -0.2) is 15.0 Å². The van der Waals surface area contributed by atoms with Crippen LogP contribution in [0, 0.1) is 0 Å². The summed E-state index contributed by atoms with van der Waals surface area (Å²) in [5.74, 6) is 0. The van der Waals surface area contributed by atoms with E-state index in [9.17, 15) is 0 Å². The highest BCUT2D eigenvalue weighted by Gasteiger charge is 2.09. The summed E-state index contributed by atoms with van der Waals surface area (Å²) in [7, 11) is 0. The maximum absolute atomic E-state index is 5.05. The average molecular weight is 586 g/mol. The van der Waals surface area contributed by atoms with E-state index in [-0.39, 0.29) is 0 Å². The van der Waals surface area contributed by atoms with E-state index in [2.05, 4.69) is 151 Å². The molecule has 0 spiro atoms. The monoisotopic (exact) mass is 585 g/mol. The van der Waals surface area contributed by atoms with E-state index in [0.717, 1.165) is 77.5 Å². The van der Waals surface area contributed by atoms with Gasteiger partial charge in [0.25, 0.3) is 0 Å². The summed E-state index contributed by atoms with van der Waals surface area (Å²) < 4.78 is 0. The molecule has 3 aromatic heterocycles. The third-order valence-corrected chi connectivity index (χ3v) is 8.82. The molecule has 46 heavy (non-hydrogen) atoms. The molecule has 0 aliphatic heterocycles. The van der Waals surface area contributed by atoms with Crippen LogP contribution in [-0.2, 0) is 0 Å². The first kappa shape index (κ1) is 26.2. The third kappa shape index (κ3) is 4.75. The van der Waals surface area contributed by atoms with Crippen molar-refractivity contribution in [2.45, 2.75) is 0 Å². The second-order valence-electron chi connectivity index (χ2n) is 11.8. The fraction of sp³-hybridized carbons (Fsp3) is 0. The molecule has 0 aliphatic rings. The van der Waals surface area contributed by atoms with E-state index in [0.29, 0.717) is 0 Å². The van der Waals surface area contributed by atoms with Crippen LogP contribution < -0.4 is 0 Å². The molecule has 3 heteroatoms. The smallest absolute Gasteiger partial charge is 0.0715 e. The zero-order chi connectivity index (χ0) is 30.5. The Morgan fingerprint density at radius 1 is 0.283 bits per heavy atom. The van der Waals surface area contributed by atoms with Crippen LogP contribution in [0.4, 0.5) is 0 Å². The Kier molecular flexibility index (Phi) is 6.14. The van der Waals surface area contributed by atoms with Crippen molar-refractivity contribution < 1.29 is 0 Å². The highest BCUT2D eigenvalue weighted by Crippen LogP contribution is 2.32.